The average molecular weight is 205 g/mol. The summed E-state index contributed by atoms with van der Waals surface area (Å²) in [6, 6.07) is 10.8. The monoisotopic (exact) mass is 205 g/mol. The van der Waals surface area contributed by atoms with Gasteiger partial charge in [-0.05, 0) is 45.0 Å². The first-order valence-corrected chi connectivity index (χ1v) is 5.90. The molecule has 0 amide bonds. The van der Waals surface area contributed by atoms with E-state index in [1.54, 1.807) is 0 Å². The summed E-state index contributed by atoms with van der Waals surface area (Å²) in [5.74, 6) is 0.702. The highest BCUT2D eigenvalue weighted by atomic mass is 15.0. The van der Waals surface area contributed by atoms with Gasteiger partial charge in [0, 0.05) is 0 Å². The minimum atomic E-state index is 0.702. The van der Waals surface area contributed by atoms with Gasteiger partial charge in [-0.3, -0.25) is 0 Å². The molecule has 1 aromatic rings. The van der Waals surface area contributed by atoms with Gasteiger partial charge in [-0.1, -0.05) is 43.7 Å². The molecule has 0 spiro atoms. The average Bonchev–Trinajstić information content (AvgIpc) is 2.25. The van der Waals surface area contributed by atoms with Gasteiger partial charge in [0.15, 0.2) is 0 Å². The molecule has 0 aliphatic heterocycles. The van der Waals surface area contributed by atoms with Gasteiger partial charge >= 0.3 is 0 Å². The summed E-state index contributed by atoms with van der Waals surface area (Å²) in [6.07, 6.45) is 3.94. The molecule has 0 bridgehead atoms. The molecule has 0 heterocycles. The molecule has 0 saturated heterocycles. The van der Waals surface area contributed by atoms with Crippen molar-refractivity contribution in [2.75, 3.05) is 20.6 Å². The molecule has 0 fully saturated rings. The lowest BCUT2D eigenvalue weighted by Gasteiger charge is -2.13. The predicted octanol–water partition coefficient (Wildman–Crippen LogP) is 3.52. The molecule has 1 atom stereocenters. The Morgan fingerprint density at radius 2 is 1.73 bits per heavy atom. The maximum absolute atomic E-state index is 2.32. The Labute approximate surface area is 94.1 Å². The smallest absolute Gasteiger partial charge is 0.00248 e. The molecule has 0 aromatic heterocycles. The number of hydrogen-bond donors (Lipinski definition) is 0. The molecule has 0 radical (unpaired) electrons. The fourth-order valence-corrected chi connectivity index (χ4v) is 1.83. The maximum Gasteiger partial charge on any atom is -0.00248 e. The van der Waals surface area contributed by atoms with Crippen LogP contribution < -0.4 is 0 Å². The van der Waals surface area contributed by atoms with E-state index in [-0.39, 0.29) is 0 Å². The quantitative estimate of drug-likeness (QED) is 0.642. The Morgan fingerprint density at radius 3 is 2.33 bits per heavy atom. The molecular weight excluding hydrogens is 182 g/mol. The lowest BCUT2D eigenvalue weighted by molar-refractivity contribution is 0.388. The van der Waals surface area contributed by atoms with Crippen LogP contribution in [0.1, 0.15) is 37.7 Å². The van der Waals surface area contributed by atoms with E-state index in [0.717, 1.165) is 0 Å². The van der Waals surface area contributed by atoms with Crippen molar-refractivity contribution in [1.82, 2.24) is 4.90 Å². The van der Waals surface area contributed by atoms with Crippen LogP contribution in [0.5, 0.6) is 0 Å². The fraction of sp³-hybridized carbons (Fsp3) is 0.571. The van der Waals surface area contributed by atoms with Crippen molar-refractivity contribution in [3.63, 3.8) is 0 Å². The van der Waals surface area contributed by atoms with Crippen molar-refractivity contribution in [2.45, 2.75) is 32.1 Å². The van der Waals surface area contributed by atoms with Crippen molar-refractivity contribution >= 4 is 0 Å². The maximum atomic E-state index is 2.32. The first kappa shape index (κ1) is 12.3. The van der Waals surface area contributed by atoms with Gasteiger partial charge in [-0.25, -0.2) is 0 Å². The summed E-state index contributed by atoms with van der Waals surface area (Å²) in [7, 11) is 4.28. The Kier molecular flexibility index (Phi) is 5.41. The van der Waals surface area contributed by atoms with Gasteiger partial charge in [0.2, 0.25) is 0 Å². The standard InChI is InChI=1S/C14H23N/c1-13(9-7-8-12-15(2)3)14-10-5-4-6-11-14/h4-6,10-11,13H,7-9,12H2,1-3H3/t13-/m0/s1. The minimum Gasteiger partial charge on any atom is -0.309 e. The number of rotatable bonds is 6. The van der Waals surface area contributed by atoms with Gasteiger partial charge in [0.25, 0.3) is 0 Å². The van der Waals surface area contributed by atoms with Crippen LogP contribution in [0.4, 0.5) is 0 Å². The summed E-state index contributed by atoms with van der Waals surface area (Å²) in [5, 5.41) is 0. The summed E-state index contributed by atoms with van der Waals surface area (Å²) in [4.78, 5) is 2.26. The summed E-state index contributed by atoms with van der Waals surface area (Å²) in [6.45, 7) is 3.53. The zero-order valence-corrected chi connectivity index (χ0v) is 10.2. The van der Waals surface area contributed by atoms with Crippen molar-refractivity contribution in [3.05, 3.63) is 35.9 Å². The predicted molar refractivity (Wildman–Crippen MR) is 67.3 cm³/mol. The first-order chi connectivity index (χ1) is 7.20. The van der Waals surface area contributed by atoms with E-state index in [4.69, 9.17) is 0 Å². The highest BCUT2D eigenvalue weighted by Gasteiger charge is 2.03. The van der Waals surface area contributed by atoms with Crippen molar-refractivity contribution in [1.29, 1.82) is 0 Å². The fourth-order valence-electron chi connectivity index (χ4n) is 1.83. The van der Waals surface area contributed by atoms with E-state index in [2.05, 4.69) is 56.3 Å². The molecule has 0 aliphatic carbocycles. The highest BCUT2D eigenvalue weighted by Crippen LogP contribution is 2.20. The first-order valence-electron chi connectivity index (χ1n) is 5.90. The van der Waals surface area contributed by atoms with Crippen LogP contribution >= 0.6 is 0 Å². The molecule has 0 saturated carbocycles. The summed E-state index contributed by atoms with van der Waals surface area (Å²) < 4.78 is 0. The van der Waals surface area contributed by atoms with Gasteiger partial charge < -0.3 is 4.90 Å². The molecule has 0 aliphatic rings. The van der Waals surface area contributed by atoms with Gasteiger partial charge in [0.05, 0.1) is 0 Å². The molecular formula is C14H23N. The van der Waals surface area contributed by atoms with Crippen molar-refractivity contribution in [2.24, 2.45) is 0 Å². The number of benzene rings is 1. The molecule has 15 heavy (non-hydrogen) atoms. The van der Waals surface area contributed by atoms with Crippen LogP contribution in [-0.4, -0.2) is 25.5 Å². The number of hydrogen-bond acceptors (Lipinski definition) is 1. The zero-order chi connectivity index (χ0) is 11.1. The molecule has 1 rings (SSSR count). The zero-order valence-electron chi connectivity index (χ0n) is 10.2. The van der Waals surface area contributed by atoms with E-state index < -0.39 is 0 Å². The molecule has 1 aromatic carbocycles. The summed E-state index contributed by atoms with van der Waals surface area (Å²) >= 11 is 0. The SMILES string of the molecule is C[C@@H](CCCCN(C)C)c1ccccc1. The van der Waals surface area contributed by atoms with Gasteiger partial charge in [0.1, 0.15) is 0 Å². The molecule has 1 nitrogen and oxygen atoms in total. The van der Waals surface area contributed by atoms with Crippen LogP contribution in [0.25, 0.3) is 0 Å². The van der Waals surface area contributed by atoms with Crippen molar-refractivity contribution < 1.29 is 0 Å². The third kappa shape index (κ3) is 4.98. The Hall–Kier alpha value is -0.820. The molecule has 84 valence electrons. The minimum absolute atomic E-state index is 0.702. The van der Waals surface area contributed by atoms with Crippen molar-refractivity contribution in [3.8, 4) is 0 Å². The topological polar surface area (TPSA) is 3.24 Å². The van der Waals surface area contributed by atoms with E-state index in [1.807, 2.05) is 0 Å². The third-order valence-electron chi connectivity index (χ3n) is 2.86. The van der Waals surface area contributed by atoms with E-state index in [0.29, 0.717) is 5.92 Å². The van der Waals surface area contributed by atoms with Crippen LogP contribution in [-0.2, 0) is 0 Å². The van der Waals surface area contributed by atoms with Crippen LogP contribution in [0, 0.1) is 0 Å². The van der Waals surface area contributed by atoms with Crippen LogP contribution in [0.3, 0.4) is 0 Å². The Bertz CT molecular complexity index is 253. The van der Waals surface area contributed by atoms with E-state index in [9.17, 15) is 0 Å². The normalized spacial score (nSPS) is 13.1. The third-order valence-corrected chi connectivity index (χ3v) is 2.86. The Morgan fingerprint density at radius 1 is 1.07 bits per heavy atom. The van der Waals surface area contributed by atoms with Crippen LogP contribution in [0.2, 0.25) is 0 Å². The number of unbranched alkanes of at least 4 members (excludes halogenated alkanes) is 1. The highest BCUT2D eigenvalue weighted by molar-refractivity contribution is 5.18. The summed E-state index contributed by atoms with van der Waals surface area (Å²) in [5.41, 5.74) is 1.47. The molecule has 0 unspecified atom stereocenters. The second-order valence-corrected chi connectivity index (χ2v) is 4.61. The van der Waals surface area contributed by atoms with E-state index >= 15 is 0 Å². The lowest BCUT2D eigenvalue weighted by atomic mass is 9.95. The molecule has 1 heteroatoms. The largest absolute Gasteiger partial charge is 0.309 e. The second-order valence-electron chi connectivity index (χ2n) is 4.61. The number of nitrogens with zero attached hydrogens (tertiary/aromatic N) is 1. The molecule has 0 N–H and O–H groups in total. The van der Waals surface area contributed by atoms with E-state index in [1.165, 1.54) is 31.4 Å². The van der Waals surface area contributed by atoms with Gasteiger partial charge in [-0.2, -0.15) is 0 Å². The van der Waals surface area contributed by atoms with Crippen LogP contribution in [0.15, 0.2) is 30.3 Å². The second kappa shape index (κ2) is 6.62. The Balaban J connectivity index is 2.22. The van der Waals surface area contributed by atoms with Gasteiger partial charge in [-0.15, -0.1) is 0 Å². The lowest BCUT2D eigenvalue weighted by Crippen LogP contribution is -2.12.